The summed E-state index contributed by atoms with van der Waals surface area (Å²) in [7, 11) is 0. The molecule has 0 atom stereocenters. The zero-order valence-corrected chi connectivity index (χ0v) is 11.1. The lowest BCUT2D eigenvalue weighted by molar-refractivity contribution is 0.0469. The standard InChI is InChI=1S/C13H14N2O2S/c1-8-4-3-5-11(12(8)14)13(16)17-6-10-7-18-9(2)15-10/h3-5,7H,6,14H2,1-2H3. The Balaban J connectivity index is 2.06. The fourth-order valence-corrected chi connectivity index (χ4v) is 2.15. The van der Waals surface area contributed by atoms with Crippen LogP contribution in [-0.2, 0) is 11.3 Å². The summed E-state index contributed by atoms with van der Waals surface area (Å²) in [4.78, 5) is 16.1. The predicted octanol–water partition coefficient (Wildman–Crippen LogP) is 2.70. The van der Waals surface area contributed by atoms with Gasteiger partial charge in [0, 0.05) is 11.1 Å². The van der Waals surface area contributed by atoms with E-state index in [1.165, 1.54) is 11.3 Å². The Hall–Kier alpha value is -1.88. The number of esters is 1. The van der Waals surface area contributed by atoms with Gasteiger partial charge in [0.15, 0.2) is 0 Å². The molecule has 0 spiro atoms. The van der Waals surface area contributed by atoms with Crippen molar-refractivity contribution in [1.82, 2.24) is 4.98 Å². The van der Waals surface area contributed by atoms with Gasteiger partial charge in [-0.25, -0.2) is 9.78 Å². The van der Waals surface area contributed by atoms with Crippen LogP contribution >= 0.6 is 11.3 Å². The van der Waals surface area contributed by atoms with Crippen LogP contribution in [0.2, 0.25) is 0 Å². The first kappa shape index (κ1) is 12.6. The second-order valence-electron chi connectivity index (χ2n) is 3.97. The summed E-state index contributed by atoms with van der Waals surface area (Å²) in [5.41, 5.74) is 8.35. The normalized spacial score (nSPS) is 10.3. The molecule has 0 fully saturated rings. The summed E-state index contributed by atoms with van der Waals surface area (Å²) in [6.45, 7) is 3.95. The molecule has 0 aliphatic carbocycles. The number of nitrogens with zero attached hydrogens (tertiary/aromatic N) is 1. The lowest BCUT2D eigenvalue weighted by Crippen LogP contribution is -2.09. The van der Waals surface area contributed by atoms with Crippen molar-refractivity contribution in [1.29, 1.82) is 0 Å². The van der Waals surface area contributed by atoms with Crippen LogP contribution in [0.4, 0.5) is 5.69 Å². The highest BCUT2D eigenvalue weighted by Gasteiger charge is 2.12. The number of carbonyl (C=O) groups excluding carboxylic acids is 1. The first-order valence-corrected chi connectivity index (χ1v) is 6.39. The van der Waals surface area contributed by atoms with Gasteiger partial charge in [0.05, 0.1) is 16.3 Å². The van der Waals surface area contributed by atoms with Crippen LogP contribution < -0.4 is 5.73 Å². The number of nitrogen functional groups attached to an aromatic ring is 1. The van der Waals surface area contributed by atoms with Gasteiger partial charge in [0.25, 0.3) is 0 Å². The Kier molecular flexibility index (Phi) is 3.62. The molecule has 4 nitrogen and oxygen atoms in total. The van der Waals surface area contributed by atoms with Crippen LogP contribution in [0.5, 0.6) is 0 Å². The van der Waals surface area contributed by atoms with E-state index in [0.29, 0.717) is 11.3 Å². The number of thiazole rings is 1. The number of anilines is 1. The van der Waals surface area contributed by atoms with Crippen molar-refractivity contribution in [2.24, 2.45) is 0 Å². The summed E-state index contributed by atoms with van der Waals surface area (Å²) in [5.74, 6) is -0.415. The largest absolute Gasteiger partial charge is 0.455 e. The van der Waals surface area contributed by atoms with Crippen molar-refractivity contribution >= 4 is 23.0 Å². The molecule has 94 valence electrons. The van der Waals surface area contributed by atoms with Crippen molar-refractivity contribution in [2.75, 3.05) is 5.73 Å². The van der Waals surface area contributed by atoms with Crippen LogP contribution in [0.25, 0.3) is 0 Å². The van der Waals surface area contributed by atoms with Crippen molar-refractivity contribution in [3.8, 4) is 0 Å². The van der Waals surface area contributed by atoms with Gasteiger partial charge in [-0.3, -0.25) is 0 Å². The van der Waals surface area contributed by atoms with Crippen molar-refractivity contribution < 1.29 is 9.53 Å². The molecule has 18 heavy (non-hydrogen) atoms. The molecule has 0 aliphatic rings. The molecule has 2 aromatic rings. The van der Waals surface area contributed by atoms with Crippen molar-refractivity contribution in [3.05, 3.63) is 45.4 Å². The van der Waals surface area contributed by atoms with Gasteiger partial charge in [0.1, 0.15) is 6.61 Å². The maximum absolute atomic E-state index is 11.9. The highest BCUT2D eigenvalue weighted by Crippen LogP contribution is 2.18. The molecular weight excluding hydrogens is 248 g/mol. The van der Waals surface area contributed by atoms with E-state index in [1.807, 2.05) is 25.3 Å². The molecular formula is C13H14N2O2S. The second kappa shape index (κ2) is 5.18. The van der Waals surface area contributed by atoms with Crippen LogP contribution in [0, 0.1) is 13.8 Å². The molecule has 0 aliphatic heterocycles. The third-order valence-corrected chi connectivity index (χ3v) is 3.38. The number of hydrogen-bond acceptors (Lipinski definition) is 5. The first-order chi connectivity index (χ1) is 8.58. The average Bonchev–Trinajstić information content (AvgIpc) is 2.76. The minimum Gasteiger partial charge on any atom is -0.455 e. The fourth-order valence-electron chi connectivity index (χ4n) is 1.55. The van der Waals surface area contributed by atoms with Crippen LogP contribution in [0.15, 0.2) is 23.6 Å². The number of para-hydroxylation sites is 1. The van der Waals surface area contributed by atoms with E-state index in [9.17, 15) is 4.79 Å². The third kappa shape index (κ3) is 2.68. The summed E-state index contributed by atoms with van der Waals surface area (Å²) < 4.78 is 5.19. The van der Waals surface area contributed by atoms with Gasteiger partial charge >= 0.3 is 5.97 Å². The molecule has 1 heterocycles. The Labute approximate surface area is 109 Å². The van der Waals surface area contributed by atoms with E-state index in [2.05, 4.69) is 4.98 Å². The molecule has 0 saturated heterocycles. The smallest absolute Gasteiger partial charge is 0.340 e. The number of aromatic nitrogens is 1. The first-order valence-electron chi connectivity index (χ1n) is 5.51. The molecule has 5 heteroatoms. The summed E-state index contributed by atoms with van der Waals surface area (Å²) >= 11 is 1.53. The van der Waals surface area contributed by atoms with Gasteiger partial charge in [-0.05, 0) is 25.5 Å². The lowest BCUT2D eigenvalue weighted by Gasteiger charge is -2.07. The molecule has 0 saturated carbocycles. The van der Waals surface area contributed by atoms with Crippen LogP contribution in [0.1, 0.15) is 26.6 Å². The van der Waals surface area contributed by atoms with Gasteiger partial charge in [-0.2, -0.15) is 0 Å². The molecule has 0 amide bonds. The van der Waals surface area contributed by atoms with Crippen molar-refractivity contribution in [2.45, 2.75) is 20.5 Å². The maximum Gasteiger partial charge on any atom is 0.340 e. The Morgan fingerprint density at radius 3 is 2.89 bits per heavy atom. The molecule has 2 rings (SSSR count). The molecule has 0 bridgehead atoms. The fraction of sp³-hybridized carbons (Fsp3) is 0.231. The quantitative estimate of drug-likeness (QED) is 0.682. The Morgan fingerprint density at radius 1 is 1.44 bits per heavy atom. The van der Waals surface area contributed by atoms with Gasteiger partial charge in [0.2, 0.25) is 0 Å². The summed E-state index contributed by atoms with van der Waals surface area (Å²) in [6, 6.07) is 5.31. The second-order valence-corrected chi connectivity index (χ2v) is 5.03. The zero-order valence-electron chi connectivity index (χ0n) is 10.3. The monoisotopic (exact) mass is 262 g/mol. The number of rotatable bonds is 3. The third-order valence-electron chi connectivity index (χ3n) is 2.56. The highest BCUT2D eigenvalue weighted by molar-refractivity contribution is 7.09. The molecule has 2 N–H and O–H groups in total. The topological polar surface area (TPSA) is 65.2 Å². The van der Waals surface area contributed by atoms with E-state index in [4.69, 9.17) is 10.5 Å². The summed E-state index contributed by atoms with van der Waals surface area (Å²) in [5, 5.41) is 2.83. The van der Waals surface area contributed by atoms with E-state index in [1.54, 1.807) is 12.1 Å². The van der Waals surface area contributed by atoms with E-state index in [0.717, 1.165) is 16.3 Å². The van der Waals surface area contributed by atoms with Crippen LogP contribution in [0.3, 0.4) is 0 Å². The number of nitrogens with two attached hydrogens (primary N) is 1. The van der Waals surface area contributed by atoms with Gasteiger partial charge in [-0.15, -0.1) is 11.3 Å². The van der Waals surface area contributed by atoms with Gasteiger partial charge in [-0.1, -0.05) is 12.1 Å². The number of carbonyl (C=O) groups is 1. The summed E-state index contributed by atoms with van der Waals surface area (Å²) in [6.07, 6.45) is 0. The highest BCUT2D eigenvalue weighted by atomic mass is 32.1. The zero-order chi connectivity index (χ0) is 13.1. The molecule has 1 aromatic carbocycles. The van der Waals surface area contributed by atoms with Crippen LogP contribution in [-0.4, -0.2) is 11.0 Å². The average molecular weight is 262 g/mol. The number of ether oxygens (including phenoxy) is 1. The molecule has 1 aromatic heterocycles. The molecule has 0 unspecified atom stereocenters. The molecule has 0 radical (unpaired) electrons. The van der Waals surface area contributed by atoms with Gasteiger partial charge < -0.3 is 10.5 Å². The SMILES string of the molecule is Cc1nc(COC(=O)c2cccc(C)c2N)cs1. The minimum atomic E-state index is -0.415. The number of benzene rings is 1. The van der Waals surface area contributed by atoms with E-state index < -0.39 is 5.97 Å². The minimum absolute atomic E-state index is 0.177. The predicted molar refractivity (Wildman–Crippen MR) is 71.6 cm³/mol. The number of hydrogen-bond donors (Lipinski definition) is 1. The lowest BCUT2D eigenvalue weighted by atomic mass is 10.1. The Morgan fingerprint density at radius 2 is 2.22 bits per heavy atom. The van der Waals surface area contributed by atoms with Crippen molar-refractivity contribution in [3.63, 3.8) is 0 Å². The van der Waals surface area contributed by atoms with E-state index >= 15 is 0 Å². The number of aryl methyl sites for hydroxylation is 2. The maximum atomic E-state index is 11.9. The van der Waals surface area contributed by atoms with E-state index in [-0.39, 0.29) is 6.61 Å². The Bertz CT molecular complexity index is 578.